The highest BCUT2D eigenvalue weighted by atomic mass is 16.6. The third kappa shape index (κ3) is 3.38. The van der Waals surface area contributed by atoms with Gasteiger partial charge < -0.3 is 14.8 Å². The Morgan fingerprint density at radius 2 is 1.81 bits per heavy atom. The van der Waals surface area contributed by atoms with Crippen LogP contribution >= 0.6 is 0 Å². The zero-order valence-corrected chi connectivity index (χ0v) is 15.1. The summed E-state index contributed by atoms with van der Waals surface area (Å²) in [5, 5.41) is 8.28. The van der Waals surface area contributed by atoms with Crippen molar-refractivity contribution in [2.24, 2.45) is 0 Å². The van der Waals surface area contributed by atoms with Crippen molar-refractivity contribution in [2.45, 2.75) is 26.3 Å². The van der Waals surface area contributed by atoms with Crippen LogP contribution in [-0.4, -0.2) is 23.0 Å². The largest absolute Gasteiger partial charge is 0.486 e. The summed E-state index contributed by atoms with van der Waals surface area (Å²) in [5.74, 6) is 1.96. The van der Waals surface area contributed by atoms with Crippen LogP contribution in [0.15, 0.2) is 54.7 Å². The van der Waals surface area contributed by atoms with Gasteiger partial charge in [0.2, 0.25) is 0 Å². The number of ether oxygens (including phenoxy) is 2. The molecule has 2 aromatic carbocycles. The normalized spacial score (nSPS) is 13.0. The molecule has 1 aliphatic rings. The lowest BCUT2D eigenvalue weighted by atomic mass is 10.1. The molecule has 134 valence electrons. The number of nitrogens with zero attached hydrogens (tertiary/aromatic N) is 2. The van der Waals surface area contributed by atoms with Gasteiger partial charge >= 0.3 is 0 Å². The molecule has 0 saturated carbocycles. The van der Waals surface area contributed by atoms with E-state index in [1.54, 1.807) is 0 Å². The number of benzene rings is 2. The minimum absolute atomic E-state index is 0.358. The van der Waals surface area contributed by atoms with Crippen molar-refractivity contribution in [3.8, 4) is 17.2 Å². The van der Waals surface area contributed by atoms with E-state index in [1.165, 1.54) is 5.56 Å². The first-order valence-corrected chi connectivity index (χ1v) is 8.98. The van der Waals surface area contributed by atoms with Crippen LogP contribution in [0.4, 0.5) is 5.69 Å². The molecule has 0 fully saturated rings. The Morgan fingerprint density at radius 1 is 1.04 bits per heavy atom. The average molecular weight is 349 g/mol. The third-order valence-corrected chi connectivity index (χ3v) is 4.42. The zero-order chi connectivity index (χ0) is 17.9. The summed E-state index contributed by atoms with van der Waals surface area (Å²) in [7, 11) is 0. The Morgan fingerprint density at radius 3 is 2.58 bits per heavy atom. The Hall–Kier alpha value is -2.95. The van der Waals surface area contributed by atoms with Crippen LogP contribution in [0.3, 0.4) is 0 Å². The molecule has 0 atom stereocenters. The minimum Gasteiger partial charge on any atom is -0.486 e. The second-order valence-electron chi connectivity index (χ2n) is 6.69. The van der Waals surface area contributed by atoms with E-state index in [-0.39, 0.29) is 0 Å². The number of fused-ring (bicyclic) bond motifs is 1. The summed E-state index contributed by atoms with van der Waals surface area (Å²) >= 11 is 0. The summed E-state index contributed by atoms with van der Waals surface area (Å²) < 4.78 is 13.2. The van der Waals surface area contributed by atoms with Crippen LogP contribution in [0.5, 0.6) is 11.5 Å². The fraction of sp³-hybridized carbons (Fsp3) is 0.286. The van der Waals surface area contributed by atoms with Gasteiger partial charge in [0.1, 0.15) is 13.2 Å². The first kappa shape index (κ1) is 16.5. The predicted molar refractivity (Wildman–Crippen MR) is 102 cm³/mol. The molecular weight excluding hydrogens is 326 g/mol. The van der Waals surface area contributed by atoms with Gasteiger partial charge in [0.25, 0.3) is 0 Å². The van der Waals surface area contributed by atoms with Crippen molar-refractivity contribution >= 4 is 5.69 Å². The lowest BCUT2D eigenvalue weighted by Crippen LogP contribution is -2.15. The summed E-state index contributed by atoms with van der Waals surface area (Å²) in [5.41, 5.74) is 4.38. The van der Waals surface area contributed by atoms with E-state index in [0.29, 0.717) is 25.7 Å². The van der Waals surface area contributed by atoms with Crippen LogP contribution in [-0.2, 0) is 6.54 Å². The molecule has 0 unspecified atom stereocenters. The second-order valence-corrected chi connectivity index (χ2v) is 6.69. The molecule has 3 aromatic rings. The fourth-order valence-electron chi connectivity index (χ4n) is 3.11. The predicted octanol–water partition coefficient (Wildman–Crippen LogP) is 4.38. The molecule has 0 bridgehead atoms. The van der Waals surface area contributed by atoms with E-state index in [1.807, 2.05) is 41.1 Å². The van der Waals surface area contributed by atoms with E-state index in [4.69, 9.17) is 14.6 Å². The highest BCUT2D eigenvalue weighted by Gasteiger charge is 2.15. The van der Waals surface area contributed by atoms with Crippen molar-refractivity contribution in [3.63, 3.8) is 0 Å². The molecule has 0 aliphatic carbocycles. The number of hydrogen-bond acceptors (Lipinski definition) is 4. The van der Waals surface area contributed by atoms with E-state index in [9.17, 15) is 0 Å². The van der Waals surface area contributed by atoms with Crippen molar-refractivity contribution in [1.82, 2.24) is 9.78 Å². The monoisotopic (exact) mass is 349 g/mol. The number of para-hydroxylation sites is 1. The van der Waals surface area contributed by atoms with Crippen molar-refractivity contribution < 1.29 is 9.47 Å². The quantitative estimate of drug-likeness (QED) is 0.743. The molecule has 0 saturated heterocycles. The van der Waals surface area contributed by atoms with E-state index in [2.05, 4.69) is 37.5 Å². The zero-order valence-electron chi connectivity index (χ0n) is 15.1. The van der Waals surface area contributed by atoms with Gasteiger partial charge in [-0.1, -0.05) is 32.0 Å². The van der Waals surface area contributed by atoms with Gasteiger partial charge in [0.15, 0.2) is 11.5 Å². The van der Waals surface area contributed by atoms with E-state index >= 15 is 0 Å². The Balaban J connectivity index is 1.55. The van der Waals surface area contributed by atoms with Crippen LogP contribution in [0.2, 0.25) is 0 Å². The fourth-order valence-corrected chi connectivity index (χ4v) is 3.11. The Bertz CT molecular complexity index is 888. The van der Waals surface area contributed by atoms with Gasteiger partial charge in [-0.25, -0.2) is 4.68 Å². The maximum absolute atomic E-state index is 5.66. The summed E-state index contributed by atoms with van der Waals surface area (Å²) in [6.45, 7) is 6.25. The van der Waals surface area contributed by atoms with Gasteiger partial charge in [-0.2, -0.15) is 5.10 Å². The molecule has 1 aliphatic heterocycles. The molecule has 1 N–H and O–H groups in total. The van der Waals surface area contributed by atoms with E-state index in [0.717, 1.165) is 28.6 Å². The van der Waals surface area contributed by atoms with Gasteiger partial charge in [-0.15, -0.1) is 0 Å². The lowest BCUT2D eigenvalue weighted by Gasteiger charge is -2.19. The number of nitrogens with one attached hydrogen (secondary N) is 1. The Labute approximate surface area is 153 Å². The topological polar surface area (TPSA) is 48.3 Å². The van der Waals surface area contributed by atoms with Crippen molar-refractivity contribution in [3.05, 3.63) is 66.0 Å². The number of hydrogen-bond donors (Lipinski definition) is 1. The summed E-state index contributed by atoms with van der Waals surface area (Å²) in [6, 6.07) is 16.2. The molecule has 1 aromatic heterocycles. The number of anilines is 1. The first-order chi connectivity index (χ1) is 12.7. The highest BCUT2D eigenvalue weighted by molar-refractivity contribution is 5.55. The van der Waals surface area contributed by atoms with Crippen molar-refractivity contribution in [1.29, 1.82) is 0 Å². The molecule has 26 heavy (non-hydrogen) atoms. The van der Waals surface area contributed by atoms with Crippen LogP contribution in [0.1, 0.15) is 31.0 Å². The molecule has 2 heterocycles. The van der Waals surface area contributed by atoms with Crippen LogP contribution in [0, 0.1) is 0 Å². The van der Waals surface area contributed by atoms with Gasteiger partial charge in [0.05, 0.1) is 11.4 Å². The minimum atomic E-state index is 0.358. The average Bonchev–Trinajstić information content (AvgIpc) is 3.11. The van der Waals surface area contributed by atoms with Crippen LogP contribution < -0.4 is 14.8 Å². The summed E-state index contributed by atoms with van der Waals surface area (Å²) in [6.07, 6.45) is 2.11. The molecule has 5 heteroatoms. The second kappa shape index (κ2) is 7.12. The number of aromatic nitrogens is 2. The van der Waals surface area contributed by atoms with Gasteiger partial charge in [-0.3, -0.25) is 0 Å². The maximum Gasteiger partial charge on any atom is 0.163 e. The van der Waals surface area contributed by atoms with Gasteiger partial charge in [-0.05, 0) is 30.2 Å². The molecule has 5 nitrogen and oxygen atoms in total. The highest BCUT2D eigenvalue weighted by Crippen LogP contribution is 2.33. The number of rotatable bonds is 5. The van der Waals surface area contributed by atoms with Crippen LogP contribution in [0.25, 0.3) is 5.69 Å². The third-order valence-electron chi connectivity index (χ3n) is 4.42. The molecule has 0 amide bonds. The molecule has 0 spiro atoms. The van der Waals surface area contributed by atoms with Crippen molar-refractivity contribution in [2.75, 3.05) is 18.5 Å². The Kier molecular flexibility index (Phi) is 4.52. The maximum atomic E-state index is 5.66. The SMILES string of the molecule is CC(C)c1nn(-c2ccccc2)cc1CNc1ccc2c(c1)OCCO2. The standard InChI is InChI=1S/C21H23N3O2/c1-15(2)21-16(14-24(23-21)18-6-4-3-5-7-18)13-22-17-8-9-19-20(12-17)26-11-10-25-19/h3-9,12,14-15,22H,10-11,13H2,1-2H3. The molecule has 0 radical (unpaired) electrons. The first-order valence-electron chi connectivity index (χ1n) is 8.98. The molecule has 4 rings (SSSR count). The summed E-state index contributed by atoms with van der Waals surface area (Å²) in [4.78, 5) is 0. The smallest absolute Gasteiger partial charge is 0.163 e. The van der Waals surface area contributed by atoms with Gasteiger partial charge in [0, 0.05) is 30.1 Å². The van der Waals surface area contributed by atoms with E-state index < -0.39 is 0 Å². The lowest BCUT2D eigenvalue weighted by molar-refractivity contribution is 0.171. The molecular formula is C21H23N3O2.